The van der Waals surface area contributed by atoms with E-state index in [1.807, 2.05) is 30.6 Å². The Morgan fingerprint density at radius 3 is 2.33 bits per heavy atom. The van der Waals surface area contributed by atoms with E-state index in [2.05, 4.69) is 30.2 Å². The lowest BCUT2D eigenvalue weighted by Crippen LogP contribution is -2.23. The molecule has 1 unspecified atom stereocenters. The van der Waals surface area contributed by atoms with Crippen LogP contribution in [0.5, 0.6) is 11.5 Å². The first-order chi connectivity index (χ1) is 10.2. The van der Waals surface area contributed by atoms with Crippen LogP contribution in [0.4, 0.5) is 0 Å². The van der Waals surface area contributed by atoms with Crippen molar-refractivity contribution < 1.29 is 9.47 Å². The molecule has 0 fully saturated rings. The van der Waals surface area contributed by atoms with Crippen molar-refractivity contribution in [2.75, 3.05) is 20.8 Å². The Kier molecular flexibility index (Phi) is 5.17. The van der Waals surface area contributed by atoms with Crippen LogP contribution in [0.15, 0.2) is 36.7 Å². The monoisotopic (exact) mass is 286 g/mol. The van der Waals surface area contributed by atoms with Gasteiger partial charge in [-0.15, -0.1) is 0 Å². The van der Waals surface area contributed by atoms with Crippen LogP contribution >= 0.6 is 0 Å². The summed E-state index contributed by atoms with van der Waals surface area (Å²) in [5.74, 6) is 1.58. The second-order valence-corrected chi connectivity index (χ2v) is 4.87. The maximum atomic E-state index is 5.37. The normalized spacial score (nSPS) is 12.0. The van der Waals surface area contributed by atoms with Gasteiger partial charge in [0.25, 0.3) is 0 Å². The Hall–Kier alpha value is -2.07. The molecule has 0 aliphatic heterocycles. The summed E-state index contributed by atoms with van der Waals surface area (Å²) in [6.07, 6.45) is 3.71. The third-order valence-corrected chi connectivity index (χ3v) is 3.49. The molecule has 0 saturated heterocycles. The first-order valence-corrected chi connectivity index (χ1v) is 7.06. The summed E-state index contributed by atoms with van der Waals surface area (Å²) >= 11 is 0. The van der Waals surface area contributed by atoms with E-state index in [0.717, 1.165) is 29.2 Å². The summed E-state index contributed by atoms with van der Waals surface area (Å²) in [4.78, 5) is 4.17. The molecular weight excluding hydrogens is 264 g/mol. The number of hydrogen-bond donors (Lipinski definition) is 1. The van der Waals surface area contributed by atoms with Crippen molar-refractivity contribution in [3.63, 3.8) is 0 Å². The molecular formula is C17H22N2O2. The van der Waals surface area contributed by atoms with E-state index in [0.29, 0.717) is 0 Å². The summed E-state index contributed by atoms with van der Waals surface area (Å²) in [5, 5.41) is 3.52. The number of ether oxygens (including phenoxy) is 2. The van der Waals surface area contributed by atoms with Crippen LogP contribution in [0.3, 0.4) is 0 Å². The minimum absolute atomic E-state index is 0.0852. The molecule has 0 saturated carbocycles. The van der Waals surface area contributed by atoms with E-state index >= 15 is 0 Å². The number of hydrogen-bond acceptors (Lipinski definition) is 4. The van der Waals surface area contributed by atoms with Gasteiger partial charge >= 0.3 is 0 Å². The molecule has 1 N–H and O–H groups in total. The molecule has 1 heterocycles. The second-order valence-electron chi connectivity index (χ2n) is 4.87. The average Bonchev–Trinajstić information content (AvgIpc) is 2.53. The highest BCUT2D eigenvalue weighted by atomic mass is 16.5. The summed E-state index contributed by atoms with van der Waals surface area (Å²) in [6.45, 7) is 5.04. The zero-order chi connectivity index (χ0) is 15.2. The number of nitrogens with zero attached hydrogens (tertiary/aromatic N) is 1. The summed E-state index contributed by atoms with van der Waals surface area (Å²) in [5.41, 5.74) is 3.48. The molecule has 0 aliphatic carbocycles. The largest absolute Gasteiger partial charge is 0.497 e. The van der Waals surface area contributed by atoms with Crippen molar-refractivity contribution in [3.8, 4) is 11.5 Å². The van der Waals surface area contributed by atoms with Gasteiger partial charge < -0.3 is 14.8 Å². The second kappa shape index (κ2) is 7.09. The van der Waals surface area contributed by atoms with Crippen LogP contribution in [-0.4, -0.2) is 25.7 Å². The van der Waals surface area contributed by atoms with E-state index in [4.69, 9.17) is 9.47 Å². The van der Waals surface area contributed by atoms with E-state index in [1.54, 1.807) is 14.2 Å². The summed E-state index contributed by atoms with van der Waals surface area (Å²) in [6, 6.07) is 8.09. The quantitative estimate of drug-likeness (QED) is 0.886. The maximum absolute atomic E-state index is 5.37. The highest BCUT2D eigenvalue weighted by Gasteiger charge is 2.17. The Labute approximate surface area is 126 Å². The Bertz CT molecular complexity index is 577. The van der Waals surface area contributed by atoms with Crippen molar-refractivity contribution in [3.05, 3.63) is 53.3 Å². The van der Waals surface area contributed by atoms with Crippen LogP contribution < -0.4 is 14.8 Å². The standard InChI is InChI=1S/C17H22N2O2/c1-5-19-17(16-6-7-18-11-12(16)2)13-8-14(20-3)10-15(9-13)21-4/h6-11,17,19H,5H2,1-4H3. The lowest BCUT2D eigenvalue weighted by atomic mass is 9.96. The number of pyridine rings is 1. The third kappa shape index (κ3) is 3.52. The lowest BCUT2D eigenvalue weighted by Gasteiger charge is -2.22. The number of benzene rings is 1. The number of methoxy groups -OCH3 is 2. The third-order valence-electron chi connectivity index (χ3n) is 3.49. The Morgan fingerprint density at radius 1 is 1.14 bits per heavy atom. The number of rotatable bonds is 6. The van der Waals surface area contributed by atoms with Gasteiger partial charge in [-0.25, -0.2) is 0 Å². The number of aromatic nitrogens is 1. The van der Waals surface area contributed by atoms with Gasteiger partial charge in [-0.1, -0.05) is 6.92 Å². The fourth-order valence-electron chi connectivity index (χ4n) is 2.42. The molecule has 2 aromatic rings. The van der Waals surface area contributed by atoms with Gasteiger partial charge in [0.05, 0.1) is 20.3 Å². The van der Waals surface area contributed by atoms with Crippen LogP contribution in [0, 0.1) is 6.92 Å². The molecule has 1 atom stereocenters. The molecule has 0 radical (unpaired) electrons. The highest BCUT2D eigenvalue weighted by Crippen LogP contribution is 2.31. The lowest BCUT2D eigenvalue weighted by molar-refractivity contribution is 0.392. The maximum Gasteiger partial charge on any atom is 0.122 e. The van der Waals surface area contributed by atoms with Gasteiger partial charge in [-0.2, -0.15) is 0 Å². The SMILES string of the molecule is CCNC(c1cc(OC)cc(OC)c1)c1ccncc1C. The molecule has 4 nitrogen and oxygen atoms in total. The average molecular weight is 286 g/mol. The van der Waals surface area contributed by atoms with Crippen LogP contribution in [-0.2, 0) is 0 Å². The smallest absolute Gasteiger partial charge is 0.122 e. The van der Waals surface area contributed by atoms with Gasteiger partial charge in [0.1, 0.15) is 11.5 Å². The molecule has 4 heteroatoms. The molecule has 0 spiro atoms. The number of nitrogens with one attached hydrogen (secondary N) is 1. The fraction of sp³-hybridized carbons (Fsp3) is 0.353. The highest BCUT2D eigenvalue weighted by molar-refractivity contribution is 5.44. The van der Waals surface area contributed by atoms with Crippen LogP contribution in [0.1, 0.15) is 29.7 Å². The Balaban J connectivity index is 2.50. The molecule has 1 aromatic heterocycles. The zero-order valence-electron chi connectivity index (χ0n) is 13.0. The molecule has 21 heavy (non-hydrogen) atoms. The molecule has 1 aromatic carbocycles. The molecule has 0 bridgehead atoms. The van der Waals surface area contributed by atoms with Gasteiger partial charge in [0, 0.05) is 18.5 Å². The van der Waals surface area contributed by atoms with Crippen molar-refractivity contribution >= 4 is 0 Å². The zero-order valence-corrected chi connectivity index (χ0v) is 13.0. The van der Waals surface area contributed by atoms with Crippen molar-refractivity contribution in [1.29, 1.82) is 0 Å². The minimum atomic E-state index is 0.0852. The van der Waals surface area contributed by atoms with Gasteiger partial charge in [-0.3, -0.25) is 4.98 Å². The summed E-state index contributed by atoms with van der Waals surface area (Å²) in [7, 11) is 3.33. The van der Waals surface area contributed by atoms with Crippen molar-refractivity contribution in [1.82, 2.24) is 10.3 Å². The Morgan fingerprint density at radius 2 is 1.81 bits per heavy atom. The summed E-state index contributed by atoms with van der Waals surface area (Å²) < 4.78 is 10.7. The predicted molar refractivity (Wildman–Crippen MR) is 84.0 cm³/mol. The first kappa shape index (κ1) is 15.3. The van der Waals surface area contributed by atoms with E-state index < -0.39 is 0 Å². The topological polar surface area (TPSA) is 43.4 Å². The number of aryl methyl sites for hydroxylation is 1. The van der Waals surface area contributed by atoms with Crippen LogP contribution in [0.2, 0.25) is 0 Å². The molecule has 0 amide bonds. The van der Waals surface area contributed by atoms with E-state index in [1.165, 1.54) is 5.56 Å². The van der Waals surface area contributed by atoms with Gasteiger partial charge in [-0.05, 0) is 48.4 Å². The van der Waals surface area contributed by atoms with E-state index in [-0.39, 0.29) is 6.04 Å². The van der Waals surface area contributed by atoms with Crippen molar-refractivity contribution in [2.24, 2.45) is 0 Å². The molecule has 2 rings (SSSR count). The predicted octanol–water partition coefficient (Wildman–Crippen LogP) is 3.11. The van der Waals surface area contributed by atoms with Crippen LogP contribution in [0.25, 0.3) is 0 Å². The van der Waals surface area contributed by atoms with Gasteiger partial charge in [0.15, 0.2) is 0 Å². The fourth-order valence-corrected chi connectivity index (χ4v) is 2.42. The first-order valence-electron chi connectivity index (χ1n) is 7.06. The van der Waals surface area contributed by atoms with E-state index in [9.17, 15) is 0 Å². The molecule has 0 aliphatic rings. The minimum Gasteiger partial charge on any atom is -0.497 e. The molecule has 112 valence electrons. The van der Waals surface area contributed by atoms with Crippen molar-refractivity contribution in [2.45, 2.75) is 19.9 Å². The van der Waals surface area contributed by atoms with Gasteiger partial charge in [0.2, 0.25) is 0 Å².